The van der Waals surface area contributed by atoms with Gasteiger partial charge in [0.05, 0.1) is 5.56 Å². The van der Waals surface area contributed by atoms with Crippen LogP contribution in [0.15, 0.2) is 24.3 Å². The number of aryl methyl sites for hydroxylation is 1. The van der Waals surface area contributed by atoms with Gasteiger partial charge in [0.25, 0.3) is 11.7 Å². The van der Waals surface area contributed by atoms with Crippen LogP contribution in [0.25, 0.3) is 10.9 Å². The van der Waals surface area contributed by atoms with Crippen molar-refractivity contribution < 1.29 is 9.59 Å². The fourth-order valence-corrected chi connectivity index (χ4v) is 3.43. The Morgan fingerprint density at radius 2 is 1.96 bits per heavy atom. The molecule has 1 aliphatic heterocycles. The molecule has 5 heteroatoms. The Hall–Kier alpha value is -2.14. The second-order valence-electron chi connectivity index (χ2n) is 6.71. The lowest BCUT2D eigenvalue weighted by Gasteiger charge is -2.18. The normalized spacial score (nSPS) is 16.4. The van der Waals surface area contributed by atoms with E-state index in [-0.39, 0.29) is 6.04 Å². The van der Waals surface area contributed by atoms with Gasteiger partial charge in [-0.05, 0) is 52.3 Å². The maximum atomic E-state index is 12.6. The molecular weight excluding hydrogens is 302 g/mol. The summed E-state index contributed by atoms with van der Waals surface area (Å²) < 4.78 is 0. The number of amides is 1. The number of likely N-dealkylation sites (tertiary alicyclic amines) is 1. The Balaban J connectivity index is 1.63. The van der Waals surface area contributed by atoms with Gasteiger partial charge in [0.1, 0.15) is 0 Å². The van der Waals surface area contributed by atoms with Gasteiger partial charge in [-0.15, -0.1) is 0 Å². The zero-order chi connectivity index (χ0) is 17.1. The molecule has 1 atom stereocenters. The summed E-state index contributed by atoms with van der Waals surface area (Å²) in [5.41, 5.74) is 2.10. The number of para-hydroxylation sites is 1. The molecule has 3 rings (SSSR count). The molecular formula is C19H25N3O2. The molecule has 0 radical (unpaired) electrons. The van der Waals surface area contributed by atoms with Crippen LogP contribution in [0.1, 0.15) is 42.2 Å². The summed E-state index contributed by atoms with van der Waals surface area (Å²) in [6.45, 7) is 7.06. The maximum absolute atomic E-state index is 12.6. The summed E-state index contributed by atoms with van der Waals surface area (Å²) >= 11 is 0. The van der Waals surface area contributed by atoms with Crippen molar-refractivity contribution >= 4 is 22.6 Å². The van der Waals surface area contributed by atoms with Crippen molar-refractivity contribution in [2.75, 3.05) is 19.6 Å². The zero-order valence-electron chi connectivity index (χ0n) is 14.4. The third-order valence-corrected chi connectivity index (χ3v) is 4.78. The fraction of sp³-hybridized carbons (Fsp3) is 0.474. The first-order valence-electron chi connectivity index (χ1n) is 8.71. The number of ketones is 1. The highest BCUT2D eigenvalue weighted by Crippen LogP contribution is 2.22. The average Bonchev–Trinajstić information content (AvgIpc) is 3.18. The van der Waals surface area contributed by atoms with Gasteiger partial charge in [0, 0.05) is 29.2 Å². The summed E-state index contributed by atoms with van der Waals surface area (Å²) in [5.74, 6) is -0.977. The number of hydrogen-bond donors (Lipinski definition) is 2. The van der Waals surface area contributed by atoms with Crippen LogP contribution in [0, 0.1) is 6.92 Å². The molecule has 24 heavy (non-hydrogen) atoms. The SMILES string of the molecule is Cc1[nH]c2ccccc2c1C(=O)C(=O)N[C@H](C)CCN1CCCC1. The number of nitrogens with one attached hydrogen (secondary N) is 2. The van der Waals surface area contributed by atoms with E-state index in [9.17, 15) is 9.59 Å². The number of carbonyl (C=O) groups excluding carboxylic acids is 2. The van der Waals surface area contributed by atoms with E-state index in [0.29, 0.717) is 5.56 Å². The predicted molar refractivity (Wildman–Crippen MR) is 95.3 cm³/mol. The van der Waals surface area contributed by atoms with Gasteiger partial charge in [0.2, 0.25) is 0 Å². The molecule has 1 amide bonds. The van der Waals surface area contributed by atoms with E-state index in [1.807, 2.05) is 38.1 Å². The molecule has 1 saturated heterocycles. The lowest BCUT2D eigenvalue weighted by Crippen LogP contribution is -2.39. The summed E-state index contributed by atoms with van der Waals surface area (Å²) in [5, 5.41) is 3.66. The van der Waals surface area contributed by atoms with Crippen molar-refractivity contribution in [3.8, 4) is 0 Å². The van der Waals surface area contributed by atoms with Gasteiger partial charge in [-0.1, -0.05) is 18.2 Å². The first-order chi connectivity index (χ1) is 11.6. The number of carbonyl (C=O) groups is 2. The van der Waals surface area contributed by atoms with E-state index < -0.39 is 11.7 Å². The fourth-order valence-electron chi connectivity index (χ4n) is 3.43. The van der Waals surface area contributed by atoms with E-state index in [1.54, 1.807) is 0 Å². The van der Waals surface area contributed by atoms with E-state index in [0.717, 1.165) is 42.7 Å². The zero-order valence-corrected chi connectivity index (χ0v) is 14.4. The molecule has 0 unspecified atom stereocenters. The van der Waals surface area contributed by atoms with Gasteiger partial charge in [-0.3, -0.25) is 9.59 Å². The summed E-state index contributed by atoms with van der Waals surface area (Å²) in [4.78, 5) is 30.5. The largest absolute Gasteiger partial charge is 0.358 e. The van der Waals surface area contributed by atoms with Crippen LogP contribution >= 0.6 is 0 Å². The summed E-state index contributed by atoms with van der Waals surface area (Å²) in [7, 11) is 0. The van der Waals surface area contributed by atoms with Crippen LogP contribution in [0.5, 0.6) is 0 Å². The highest BCUT2D eigenvalue weighted by molar-refractivity contribution is 6.45. The molecule has 1 aromatic heterocycles. The minimum absolute atomic E-state index is 0.00689. The summed E-state index contributed by atoms with van der Waals surface area (Å²) in [6, 6.07) is 7.56. The summed E-state index contributed by atoms with van der Waals surface area (Å²) in [6.07, 6.45) is 3.39. The van der Waals surface area contributed by atoms with Crippen molar-refractivity contribution in [3.63, 3.8) is 0 Å². The second kappa shape index (κ2) is 7.18. The third kappa shape index (κ3) is 3.51. The minimum Gasteiger partial charge on any atom is -0.358 e. The smallest absolute Gasteiger partial charge is 0.292 e. The van der Waals surface area contributed by atoms with Crippen LogP contribution in [0.2, 0.25) is 0 Å². The average molecular weight is 327 g/mol. The third-order valence-electron chi connectivity index (χ3n) is 4.78. The van der Waals surface area contributed by atoms with E-state index in [2.05, 4.69) is 15.2 Å². The monoisotopic (exact) mass is 327 g/mol. The van der Waals surface area contributed by atoms with Crippen molar-refractivity contribution in [2.24, 2.45) is 0 Å². The highest BCUT2D eigenvalue weighted by atomic mass is 16.2. The quantitative estimate of drug-likeness (QED) is 0.633. The first-order valence-corrected chi connectivity index (χ1v) is 8.71. The standard InChI is InChI=1S/C19H25N3O2/c1-13(9-12-22-10-5-6-11-22)20-19(24)18(23)17-14(2)21-16-8-4-3-7-15(16)17/h3-4,7-8,13,21H,5-6,9-12H2,1-2H3,(H,20,24)/t13-/m1/s1. The Morgan fingerprint density at radius 3 is 2.71 bits per heavy atom. The van der Waals surface area contributed by atoms with Crippen molar-refractivity contribution in [1.29, 1.82) is 0 Å². The number of benzene rings is 1. The Kier molecular flexibility index (Phi) is 5.00. The predicted octanol–water partition coefficient (Wildman–Crippen LogP) is 2.65. The highest BCUT2D eigenvalue weighted by Gasteiger charge is 2.24. The van der Waals surface area contributed by atoms with Crippen molar-refractivity contribution in [1.82, 2.24) is 15.2 Å². The molecule has 0 spiro atoms. The molecule has 2 aromatic rings. The van der Waals surface area contributed by atoms with E-state index >= 15 is 0 Å². The first kappa shape index (κ1) is 16.7. The van der Waals surface area contributed by atoms with Crippen LogP contribution in [-0.2, 0) is 4.79 Å². The van der Waals surface area contributed by atoms with Crippen LogP contribution in [0.3, 0.4) is 0 Å². The molecule has 0 aliphatic carbocycles. The lowest BCUT2D eigenvalue weighted by molar-refractivity contribution is -0.117. The molecule has 0 bridgehead atoms. The number of Topliss-reactive ketones (excluding diaryl/α,β-unsaturated/α-hetero) is 1. The van der Waals surface area contributed by atoms with Crippen molar-refractivity contribution in [2.45, 2.75) is 39.2 Å². The van der Waals surface area contributed by atoms with Gasteiger partial charge < -0.3 is 15.2 Å². The van der Waals surface area contributed by atoms with Crippen LogP contribution < -0.4 is 5.32 Å². The number of aromatic amines is 1. The second-order valence-corrected chi connectivity index (χ2v) is 6.71. The number of rotatable bonds is 6. The molecule has 0 saturated carbocycles. The maximum Gasteiger partial charge on any atom is 0.292 e. The van der Waals surface area contributed by atoms with Gasteiger partial charge in [-0.2, -0.15) is 0 Å². The number of hydrogen-bond acceptors (Lipinski definition) is 3. The Labute approximate surface area is 142 Å². The van der Waals surface area contributed by atoms with Gasteiger partial charge >= 0.3 is 0 Å². The Morgan fingerprint density at radius 1 is 1.25 bits per heavy atom. The molecule has 1 fully saturated rings. The van der Waals surface area contributed by atoms with E-state index in [4.69, 9.17) is 0 Å². The number of aromatic nitrogens is 1. The minimum atomic E-state index is -0.517. The van der Waals surface area contributed by atoms with Crippen LogP contribution in [-0.4, -0.2) is 47.3 Å². The molecule has 2 N–H and O–H groups in total. The van der Waals surface area contributed by atoms with Crippen molar-refractivity contribution in [3.05, 3.63) is 35.5 Å². The number of H-pyrrole nitrogens is 1. The molecule has 128 valence electrons. The topological polar surface area (TPSA) is 65.2 Å². The van der Waals surface area contributed by atoms with Crippen LogP contribution in [0.4, 0.5) is 0 Å². The molecule has 1 aliphatic rings. The van der Waals surface area contributed by atoms with Gasteiger partial charge in [-0.25, -0.2) is 0 Å². The molecule has 2 heterocycles. The van der Waals surface area contributed by atoms with E-state index in [1.165, 1.54) is 12.8 Å². The number of nitrogens with zero attached hydrogens (tertiary/aromatic N) is 1. The molecule has 5 nitrogen and oxygen atoms in total. The number of fused-ring (bicyclic) bond motifs is 1. The molecule has 1 aromatic carbocycles. The van der Waals surface area contributed by atoms with Gasteiger partial charge in [0.15, 0.2) is 0 Å². The lowest BCUT2D eigenvalue weighted by atomic mass is 10.1. The Bertz CT molecular complexity index is 744.